The third kappa shape index (κ3) is 2.60. The number of ether oxygens (including phenoxy) is 1. The van der Waals surface area contributed by atoms with Crippen LogP contribution in [0.3, 0.4) is 0 Å². The molecule has 0 fully saturated rings. The lowest BCUT2D eigenvalue weighted by molar-refractivity contribution is 0.102. The Morgan fingerprint density at radius 3 is 2.89 bits per heavy atom. The Labute approximate surface area is 109 Å². The molecule has 94 valence electrons. The zero-order valence-corrected chi connectivity index (χ0v) is 10.9. The highest BCUT2D eigenvalue weighted by atomic mass is 32.1. The lowest BCUT2D eigenvalue weighted by Gasteiger charge is -2.09. The van der Waals surface area contributed by atoms with Crippen molar-refractivity contribution in [2.45, 2.75) is 6.92 Å². The number of hydrogen-bond acceptors (Lipinski definition) is 5. The molecule has 1 aromatic heterocycles. The highest BCUT2D eigenvalue weighted by molar-refractivity contribution is 7.13. The molecule has 1 heterocycles. The number of hydrogen-bond donors (Lipinski definition) is 2. The SMILES string of the molecule is COc1ccc(C)c(NC(=O)c2csc(N)n2)c1. The van der Waals surface area contributed by atoms with Crippen LogP contribution in [0, 0.1) is 6.92 Å². The number of aromatic nitrogens is 1. The maximum absolute atomic E-state index is 11.9. The van der Waals surface area contributed by atoms with Crippen LogP contribution in [-0.2, 0) is 0 Å². The molecular formula is C12H13N3O2S. The van der Waals surface area contributed by atoms with Crippen LogP contribution < -0.4 is 15.8 Å². The molecule has 3 N–H and O–H groups in total. The maximum atomic E-state index is 11.9. The predicted octanol–water partition coefficient (Wildman–Crippen LogP) is 2.29. The molecule has 18 heavy (non-hydrogen) atoms. The second-order valence-electron chi connectivity index (χ2n) is 3.71. The number of carbonyl (C=O) groups excluding carboxylic acids is 1. The van der Waals surface area contributed by atoms with Crippen LogP contribution in [0.15, 0.2) is 23.6 Å². The Balaban J connectivity index is 2.21. The number of nitrogens with one attached hydrogen (secondary N) is 1. The third-order valence-electron chi connectivity index (χ3n) is 2.45. The molecule has 0 saturated heterocycles. The van der Waals surface area contributed by atoms with Gasteiger partial charge in [0, 0.05) is 17.1 Å². The van der Waals surface area contributed by atoms with Crippen molar-refractivity contribution in [3.8, 4) is 5.75 Å². The van der Waals surface area contributed by atoms with Crippen molar-refractivity contribution >= 4 is 28.1 Å². The average Bonchev–Trinajstić information content (AvgIpc) is 2.79. The summed E-state index contributed by atoms with van der Waals surface area (Å²) in [5.74, 6) is 0.410. The van der Waals surface area contributed by atoms with E-state index >= 15 is 0 Å². The van der Waals surface area contributed by atoms with Gasteiger partial charge in [0.25, 0.3) is 5.91 Å². The smallest absolute Gasteiger partial charge is 0.275 e. The van der Waals surface area contributed by atoms with Gasteiger partial charge in [-0.3, -0.25) is 4.79 Å². The lowest BCUT2D eigenvalue weighted by Crippen LogP contribution is -2.13. The number of nitrogens with zero attached hydrogens (tertiary/aromatic N) is 1. The van der Waals surface area contributed by atoms with Crippen molar-refractivity contribution in [1.82, 2.24) is 4.98 Å². The number of nitrogens with two attached hydrogens (primary N) is 1. The fraction of sp³-hybridized carbons (Fsp3) is 0.167. The normalized spacial score (nSPS) is 10.1. The minimum absolute atomic E-state index is 0.278. The van der Waals surface area contributed by atoms with Crippen LogP contribution in [0.25, 0.3) is 0 Å². The second kappa shape index (κ2) is 5.05. The van der Waals surface area contributed by atoms with Gasteiger partial charge in [-0.1, -0.05) is 6.07 Å². The van der Waals surface area contributed by atoms with Crippen molar-refractivity contribution in [2.75, 3.05) is 18.2 Å². The summed E-state index contributed by atoms with van der Waals surface area (Å²) >= 11 is 1.24. The summed E-state index contributed by atoms with van der Waals surface area (Å²) in [6.07, 6.45) is 0. The quantitative estimate of drug-likeness (QED) is 0.890. The molecule has 0 aliphatic carbocycles. The van der Waals surface area contributed by atoms with Gasteiger partial charge in [-0.15, -0.1) is 11.3 Å². The Morgan fingerprint density at radius 2 is 2.28 bits per heavy atom. The van der Waals surface area contributed by atoms with Gasteiger partial charge in [-0.25, -0.2) is 4.98 Å². The molecule has 1 aromatic carbocycles. The van der Waals surface area contributed by atoms with E-state index in [-0.39, 0.29) is 5.91 Å². The molecule has 0 radical (unpaired) electrons. The van der Waals surface area contributed by atoms with E-state index in [0.29, 0.717) is 22.3 Å². The third-order valence-corrected chi connectivity index (χ3v) is 3.12. The van der Waals surface area contributed by atoms with E-state index in [1.54, 1.807) is 18.6 Å². The molecule has 0 unspecified atom stereocenters. The molecule has 1 amide bonds. The van der Waals surface area contributed by atoms with Crippen molar-refractivity contribution in [3.05, 3.63) is 34.8 Å². The second-order valence-corrected chi connectivity index (χ2v) is 4.60. The van der Waals surface area contributed by atoms with E-state index < -0.39 is 0 Å². The molecule has 2 aromatic rings. The highest BCUT2D eigenvalue weighted by Gasteiger charge is 2.11. The molecule has 2 rings (SSSR count). The van der Waals surface area contributed by atoms with E-state index in [1.165, 1.54) is 11.3 Å². The van der Waals surface area contributed by atoms with Crippen molar-refractivity contribution in [1.29, 1.82) is 0 Å². The minimum atomic E-state index is -0.278. The van der Waals surface area contributed by atoms with Crippen LogP contribution in [0.5, 0.6) is 5.75 Å². The van der Waals surface area contributed by atoms with Gasteiger partial charge in [0.05, 0.1) is 7.11 Å². The number of thiazole rings is 1. The fourth-order valence-corrected chi connectivity index (χ4v) is 1.98. The van der Waals surface area contributed by atoms with E-state index in [0.717, 1.165) is 5.56 Å². The first-order chi connectivity index (χ1) is 8.60. The molecule has 5 nitrogen and oxygen atoms in total. The average molecular weight is 263 g/mol. The Kier molecular flexibility index (Phi) is 3.47. The highest BCUT2D eigenvalue weighted by Crippen LogP contribution is 2.22. The van der Waals surface area contributed by atoms with Crippen LogP contribution in [0.4, 0.5) is 10.8 Å². The summed E-state index contributed by atoms with van der Waals surface area (Å²) in [5.41, 5.74) is 7.46. The predicted molar refractivity (Wildman–Crippen MR) is 72.2 cm³/mol. The van der Waals surface area contributed by atoms with Gasteiger partial charge in [0.15, 0.2) is 5.13 Å². The number of amides is 1. The molecule has 0 aliphatic rings. The van der Waals surface area contributed by atoms with Gasteiger partial charge < -0.3 is 15.8 Å². The minimum Gasteiger partial charge on any atom is -0.497 e. The van der Waals surface area contributed by atoms with Crippen LogP contribution in [-0.4, -0.2) is 18.0 Å². The number of rotatable bonds is 3. The summed E-state index contributed by atoms with van der Waals surface area (Å²) < 4.78 is 5.12. The summed E-state index contributed by atoms with van der Waals surface area (Å²) in [4.78, 5) is 15.8. The van der Waals surface area contributed by atoms with Crippen molar-refractivity contribution in [3.63, 3.8) is 0 Å². The zero-order valence-electron chi connectivity index (χ0n) is 10.1. The lowest BCUT2D eigenvalue weighted by atomic mass is 10.2. The van der Waals surface area contributed by atoms with Crippen LogP contribution >= 0.6 is 11.3 Å². The molecule has 0 atom stereocenters. The maximum Gasteiger partial charge on any atom is 0.275 e. The first-order valence-corrected chi connectivity index (χ1v) is 6.15. The van der Waals surface area contributed by atoms with E-state index in [1.807, 2.05) is 19.1 Å². The number of anilines is 2. The summed E-state index contributed by atoms with van der Waals surface area (Å²) in [5, 5.41) is 4.79. The zero-order chi connectivity index (χ0) is 13.1. The molecule has 0 aliphatic heterocycles. The topological polar surface area (TPSA) is 77.2 Å². The first kappa shape index (κ1) is 12.4. The summed E-state index contributed by atoms with van der Waals surface area (Å²) in [6.45, 7) is 1.91. The molecular weight excluding hydrogens is 250 g/mol. The van der Waals surface area contributed by atoms with Gasteiger partial charge in [-0.05, 0) is 18.6 Å². The number of carbonyl (C=O) groups is 1. The van der Waals surface area contributed by atoms with Crippen molar-refractivity contribution < 1.29 is 9.53 Å². The number of nitrogen functional groups attached to an aromatic ring is 1. The Hall–Kier alpha value is -2.08. The van der Waals surface area contributed by atoms with Crippen LogP contribution in [0.1, 0.15) is 16.1 Å². The standard InChI is InChI=1S/C12H13N3O2S/c1-7-3-4-8(17-2)5-9(7)14-11(16)10-6-18-12(13)15-10/h3-6H,1-2H3,(H2,13,15)(H,14,16). The van der Waals surface area contributed by atoms with Crippen LogP contribution in [0.2, 0.25) is 0 Å². The number of methoxy groups -OCH3 is 1. The van der Waals surface area contributed by atoms with E-state index in [4.69, 9.17) is 10.5 Å². The van der Waals surface area contributed by atoms with Gasteiger partial charge in [0.1, 0.15) is 11.4 Å². The number of benzene rings is 1. The molecule has 6 heteroatoms. The van der Waals surface area contributed by atoms with Gasteiger partial charge in [0.2, 0.25) is 0 Å². The Bertz CT molecular complexity index is 580. The fourth-order valence-electron chi connectivity index (χ4n) is 1.44. The van der Waals surface area contributed by atoms with E-state index in [9.17, 15) is 4.79 Å². The van der Waals surface area contributed by atoms with Gasteiger partial charge >= 0.3 is 0 Å². The monoisotopic (exact) mass is 263 g/mol. The summed E-state index contributed by atoms with van der Waals surface area (Å²) in [6, 6.07) is 5.48. The van der Waals surface area contributed by atoms with Crippen molar-refractivity contribution in [2.24, 2.45) is 0 Å². The number of aryl methyl sites for hydroxylation is 1. The van der Waals surface area contributed by atoms with E-state index in [2.05, 4.69) is 10.3 Å². The Morgan fingerprint density at radius 1 is 1.50 bits per heavy atom. The first-order valence-electron chi connectivity index (χ1n) is 5.27. The largest absolute Gasteiger partial charge is 0.497 e. The molecule has 0 saturated carbocycles. The molecule has 0 bridgehead atoms. The summed E-state index contributed by atoms with van der Waals surface area (Å²) in [7, 11) is 1.58. The van der Waals surface area contributed by atoms with Gasteiger partial charge in [-0.2, -0.15) is 0 Å². The molecule has 0 spiro atoms.